The van der Waals surface area contributed by atoms with Crippen molar-refractivity contribution in [2.45, 2.75) is 58.2 Å². The second-order valence-corrected chi connectivity index (χ2v) is 7.93. The highest BCUT2D eigenvalue weighted by molar-refractivity contribution is 7.90. The monoisotopic (exact) mass is 229 g/mol. The third-order valence-electron chi connectivity index (χ3n) is 3.01. The van der Waals surface area contributed by atoms with E-state index < -0.39 is 11.4 Å². The minimum atomic E-state index is -1.01. The van der Waals surface area contributed by atoms with E-state index in [2.05, 4.69) is 18.2 Å². The Morgan fingerprint density at radius 2 is 1.93 bits per heavy atom. The van der Waals surface area contributed by atoms with Crippen LogP contribution in [0.2, 0.25) is 0 Å². The van der Waals surface area contributed by atoms with Crippen LogP contribution in [0.25, 0.3) is 0 Å². The molecule has 0 saturated heterocycles. The van der Waals surface area contributed by atoms with E-state index in [4.69, 9.17) is 0 Å². The molecule has 1 aliphatic carbocycles. The zero-order valence-electron chi connectivity index (χ0n) is 10.5. The molecule has 15 heavy (non-hydrogen) atoms. The van der Waals surface area contributed by atoms with Crippen molar-refractivity contribution in [1.29, 1.82) is 0 Å². The molecule has 0 aromatic heterocycles. The molecule has 1 aliphatic rings. The van der Waals surface area contributed by atoms with Gasteiger partial charge in [-0.1, -0.05) is 19.1 Å². The highest BCUT2D eigenvalue weighted by atomic mass is 32.2. The highest BCUT2D eigenvalue weighted by Crippen LogP contribution is 2.50. The molecule has 0 bridgehead atoms. The van der Waals surface area contributed by atoms with Gasteiger partial charge in [0, 0.05) is 11.4 Å². The molecular formula is C12H23NOS. The van der Waals surface area contributed by atoms with E-state index >= 15 is 0 Å². The van der Waals surface area contributed by atoms with E-state index in [1.54, 1.807) is 0 Å². The second kappa shape index (κ2) is 4.11. The Balaban J connectivity index is 2.64. The van der Waals surface area contributed by atoms with E-state index in [9.17, 15) is 4.55 Å². The maximum absolute atomic E-state index is 12.0. The fourth-order valence-electron chi connectivity index (χ4n) is 1.61. The van der Waals surface area contributed by atoms with E-state index in [0.29, 0.717) is 0 Å². The standard InChI is InChI=1S/C12H23NOS/c1-9(2)10(12(6)7-8-12)13-15(14)11(3,4)5/h10,13H,1,7-8H2,2-6H3/t10-,15?/m1/s1. The molecule has 0 heterocycles. The molecule has 2 atom stereocenters. The van der Waals surface area contributed by atoms with E-state index in [1.807, 2.05) is 27.7 Å². The van der Waals surface area contributed by atoms with Crippen molar-refractivity contribution >= 4 is 11.4 Å². The van der Waals surface area contributed by atoms with Crippen molar-refractivity contribution < 1.29 is 4.55 Å². The summed E-state index contributed by atoms with van der Waals surface area (Å²) in [6.45, 7) is 14.2. The molecule has 3 heteroatoms. The molecule has 1 N–H and O–H groups in total. The summed E-state index contributed by atoms with van der Waals surface area (Å²) in [5.74, 6) is 0. The molecule has 0 spiro atoms. The van der Waals surface area contributed by atoms with Gasteiger partial charge in [-0.2, -0.15) is 0 Å². The van der Waals surface area contributed by atoms with Crippen molar-refractivity contribution in [3.05, 3.63) is 12.2 Å². The smallest absolute Gasteiger partial charge is 0.136 e. The third kappa shape index (κ3) is 3.23. The lowest BCUT2D eigenvalue weighted by atomic mass is 9.94. The van der Waals surface area contributed by atoms with Crippen molar-refractivity contribution in [2.75, 3.05) is 0 Å². The molecule has 0 aromatic carbocycles. The van der Waals surface area contributed by atoms with Crippen LogP contribution in [0.4, 0.5) is 0 Å². The average molecular weight is 229 g/mol. The fourth-order valence-corrected chi connectivity index (χ4v) is 2.66. The first-order valence-corrected chi connectivity index (χ1v) is 6.65. The Morgan fingerprint density at radius 1 is 1.47 bits per heavy atom. The van der Waals surface area contributed by atoms with Gasteiger partial charge in [0.15, 0.2) is 0 Å². The Morgan fingerprint density at radius 3 is 2.20 bits per heavy atom. The summed E-state index contributed by atoms with van der Waals surface area (Å²) in [5.41, 5.74) is 1.37. The lowest BCUT2D eigenvalue weighted by Gasteiger charge is -2.31. The summed E-state index contributed by atoms with van der Waals surface area (Å²) in [7, 11) is 0. The molecule has 0 radical (unpaired) electrons. The van der Waals surface area contributed by atoms with Crippen LogP contribution in [0, 0.1) is 5.41 Å². The summed E-state index contributed by atoms with van der Waals surface area (Å²) in [6.07, 6.45) is 2.41. The van der Waals surface area contributed by atoms with Gasteiger partial charge in [0.25, 0.3) is 0 Å². The van der Waals surface area contributed by atoms with Crippen LogP contribution in [0.5, 0.6) is 0 Å². The van der Waals surface area contributed by atoms with Crippen molar-refractivity contribution in [3.8, 4) is 0 Å². The first-order valence-electron chi connectivity index (χ1n) is 5.50. The van der Waals surface area contributed by atoms with Gasteiger partial charge in [-0.25, -0.2) is 0 Å². The maximum Gasteiger partial charge on any atom is 0.136 e. The highest BCUT2D eigenvalue weighted by Gasteiger charge is 2.48. The van der Waals surface area contributed by atoms with E-state index in [-0.39, 0.29) is 16.2 Å². The lowest BCUT2D eigenvalue weighted by Crippen LogP contribution is -2.48. The second-order valence-electron chi connectivity index (χ2n) is 5.93. The number of rotatable bonds is 4. The Kier molecular flexibility index (Phi) is 3.59. The number of hydrogen-bond acceptors (Lipinski definition) is 2. The van der Waals surface area contributed by atoms with Crippen molar-refractivity contribution in [3.63, 3.8) is 0 Å². The van der Waals surface area contributed by atoms with Crippen LogP contribution in [0.1, 0.15) is 47.5 Å². The molecule has 0 aliphatic heterocycles. The molecule has 0 amide bonds. The first-order chi connectivity index (χ1) is 6.67. The predicted octanol–water partition coefficient (Wildman–Crippen LogP) is 2.78. The first kappa shape index (κ1) is 13.1. The quantitative estimate of drug-likeness (QED) is 0.594. The minimum Gasteiger partial charge on any atom is -0.598 e. The van der Waals surface area contributed by atoms with E-state index in [0.717, 1.165) is 5.57 Å². The van der Waals surface area contributed by atoms with Crippen molar-refractivity contribution in [1.82, 2.24) is 4.72 Å². The molecule has 88 valence electrons. The van der Waals surface area contributed by atoms with Crippen LogP contribution in [0.15, 0.2) is 12.2 Å². The van der Waals surface area contributed by atoms with Crippen LogP contribution in [-0.2, 0) is 11.4 Å². The van der Waals surface area contributed by atoms with Gasteiger partial charge in [0.05, 0.1) is 6.04 Å². The van der Waals surface area contributed by atoms with Gasteiger partial charge >= 0.3 is 0 Å². The lowest BCUT2D eigenvalue weighted by molar-refractivity contribution is 0.437. The topological polar surface area (TPSA) is 35.1 Å². The zero-order valence-corrected chi connectivity index (χ0v) is 11.3. The maximum atomic E-state index is 12.0. The Hall–Kier alpha value is 0.01000. The van der Waals surface area contributed by atoms with Crippen LogP contribution in [0.3, 0.4) is 0 Å². The normalized spacial score (nSPS) is 23.3. The predicted molar refractivity (Wildman–Crippen MR) is 67.0 cm³/mol. The molecule has 1 saturated carbocycles. The zero-order chi connectivity index (χ0) is 11.9. The summed E-state index contributed by atoms with van der Waals surface area (Å²) < 4.78 is 15.0. The van der Waals surface area contributed by atoms with Crippen LogP contribution >= 0.6 is 0 Å². The van der Waals surface area contributed by atoms with Gasteiger partial charge < -0.3 is 4.55 Å². The SMILES string of the molecule is C=C(C)[C@@H](N[S+]([O-])C(C)(C)C)C1(C)CC1. The molecule has 1 fully saturated rings. The van der Waals surface area contributed by atoms with Gasteiger partial charge in [0.1, 0.15) is 4.75 Å². The summed E-state index contributed by atoms with van der Waals surface area (Å²) >= 11 is -1.01. The van der Waals surface area contributed by atoms with Crippen LogP contribution < -0.4 is 4.72 Å². The molecule has 0 aromatic rings. The van der Waals surface area contributed by atoms with Gasteiger partial charge in [-0.05, 0) is 46.0 Å². The van der Waals surface area contributed by atoms with E-state index in [1.165, 1.54) is 12.8 Å². The summed E-state index contributed by atoms with van der Waals surface area (Å²) in [4.78, 5) is 0. The fraction of sp³-hybridized carbons (Fsp3) is 0.833. The Labute approximate surface area is 96.8 Å². The van der Waals surface area contributed by atoms with Gasteiger partial charge in [0.2, 0.25) is 0 Å². The molecule has 2 nitrogen and oxygen atoms in total. The molecular weight excluding hydrogens is 206 g/mol. The Bertz CT molecular complexity index is 253. The van der Waals surface area contributed by atoms with Gasteiger partial charge in [-0.3, -0.25) is 0 Å². The largest absolute Gasteiger partial charge is 0.598 e. The molecule has 1 rings (SSSR count). The average Bonchev–Trinajstić information content (AvgIpc) is 2.77. The molecule has 1 unspecified atom stereocenters. The minimum absolute atomic E-state index is 0.192. The summed E-state index contributed by atoms with van der Waals surface area (Å²) in [5, 5.41) is 0. The summed E-state index contributed by atoms with van der Waals surface area (Å²) in [6, 6.07) is 0.192. The number of hydrogen-bond donors (Lipinski definition) is 1. The van der Waals surface area contributed by atoms with Crippen LogP contribution in [-0.4, -0.2) is 15.3 Å². The van der Waals surface area contributed by atoms with Crippen molar-refractivity contribution in [2.24, 2.45) is 5.41 Å². The number of nitrogens with one attached hydrogen (secondary N) is 1. The van der Waals surface area contributed by atoms with Gasteiger partial charge in [-0.15, -0.1) is 4.72 Å². The third-order valence-corrected chi connectivity index (χ3v) is 4.57.